The molecule has 4 atom stereocenters. The number of rotatable bonds is 4. The van der Waals surface area contributed by atoms with Gasteiger partial charge >= 0.3 is 16.5 Å². The minimum absolute atomic E-state index is 0. The quantitative estimate of drug-likeness (QED) is 0.253. The van der Waals surface area contributed by atoms with Gasteiger partial charge in [0.05, 0.1) is 12.1 Å². The van der Waals surface area contributed by atoms with Crippen LogP contribution in [-0.2, 0) is 38.2 Å². The van der Waals surface area contributed by atoms with E-state index in [-0.39, 0.29) is 61.7 Å². The van der Waals surface area contributed by atoms with Gasteiger partial charge < -0.3 is 10.2 Å². The zero-order valence-electron chi connectivity index (χ0n) is 28.6. The minimum atomic E-state index is -0.222. The first-order valence-corrected chi connectivity index (χ1v) is 15.9. The summed E-state index contributed by atoms with van der Waals surface area (Å²) in [6, 6.07) is 8.73. The summed E-state index contributed by atoms with van der Waals surface area (Å²) in [6.45, 7) is 25.8. The molecular weight excluding hydrogens is 575 g/mol. The average molecular weight is 630 g/mol. The molecule has 0 spiro atoms. The van der Waals surface area contributed by atoms with E-state index in [4.69, 9.17) is 9.98 Å². The first kappa shape index (κ1) is 35.4. The van der Waals surface area contributed by atoms with Crippen LogP contribution in [0.5, 0.6) is 11.5 Å². The van der Waals surface area contributed by atoms with E-state index < -0.39 is 0 Å². The molecule has 0 aromatic heterocycles. The van der Waals surface area contributed by atoms with Crippen molar-refractivity contribution in [3.05, 3.63) is 57.6 Å². The number of hydrogen-bond acceptors (Lipinski definition) is 4. The van der Waals surface area contributed by atoms with Crippen LogP contribution in [-0.4, -0.2) is 24.5 Å². The Kier molecular flexibility index (Phi) is 10.1. The molecule has 2 bridgehead atoms. The van der Waals surface area contributed by atoms with Gasteiger partial charge in [0.1, 0.15) is 0 Å². The van der Waals surface area contributed by atoms with Gasteiger partial charge in [-0.1, -0.05) is 119 Å². The second-order valence-electron chi connectivity index (χ2n) is 17.1. The molecule has 0 aliphatic heterocycles. The van der Waals surface area contributed by atoms with Crippen molar-refractivity contribution in [2.24, 2.45) is 21.8 Å². The summed E-state index contributed by atoms with van der Waals surface area (Å²) in [6.07, 6.45) is 8.01. The smallest absolute Gasteiger partial charge is 0.872 e. The van der Waals surface area contributed by atoms with E-state index in [2.05, 4.69) is 95.2 Å². The standard InChI is InChI=1S/C38H56N2O2.Ni/c1-35(2,3)27-15-25(33(41)29(19-27)37(7,8)9)21-39-31-17-24-14-13-23(31)18-32(24)40-22-26-16-28(36(4,5)6)20-30(34(26)42)38(10,11)12;/h15-16,19-24,31-32,41-42H,13-14,17-18H2,1-12H3;/q;+2/p-2/t23-,24-,31-,32-;/m0./s1. The van der Waals surface area contributed by atoms with Crippen molar-refractivity contribution in [2.45, 2.75) is 143 Å². The molecule has 3 fully saturated rings. The van der Waals surface area contributed by atoms with Gasteiger partial charge in [0.25, 0.3) is 0 Å². The van der Waals surface area contributed by atoms with Crippen molar-refractivity contribution < 1.29 is 26.7 Å². The summed E-state index contributed by atoms with van der Waals surface area (Å²) in [5, 5.41) is 26.9. The zero-order chi connectivity index (χ0) is 31.4. The fraction of sp³-hybridized carbons (Fsp3) is 0.632. The first-order chi connectivity index (χ1) is 19.2. The molecule has 2 aromatic carbocycles. The summed E-state index contributed by atoms with van der Waals surface area (Å²) in [7, 11) is 0. The Morgan fingerprint density at radius 2 is 0.884 bits per heavy atom. The maximum Gasteiger partial charge on any atom is 2.00 e. The van der Waals surface area contributed by atoms with E-state index >= 15 is 0 Å². The Morgan fingerprint density at radius 3 is 1.14 bits per heavy atom. The van der Waals surface area contributed by atoms with Crippen LogP contribution in [0.25, 0.3) is 0 Å². The van der Waals surface area contributed by atoms with Crippen LogP contribution in [0, 0.1) is 11.8 Å². The molecule has 2 aromatic rings. The van der Waals surface area contributed by atoms with Crippen LogP contribution < -0.4 is 10.2 Å². The van der Waals surface area contributed by atoms with Gasteiger partial charge in [-0.15, -0.1) is 0 Å². The van der Waals surface area contributed by atoms with Gasteiger partial charge in [-0.2, -0.15) is 0 Å². The Hall–Kier alpha value is -2.13. The molecule has 0 radical (unpaired) electrons. The zero-order valence-corrected chi connectivity index (χ0v) is 29.6. The van der Waals surface area contributed by atoms with Crippen LogP contribution in [0.2, 0.25) is 0 Å². The van der Waals surface area contributed by atoms with Crippen molar-refractivity contribution in [3.8, 4) is 11.5 Å². The van der Waals surface area contributed by atoms with Crippen molar-refractivity contribution in [1.29, 1.82) is 0 Å². The van der Waals surface area contributed by atoms with Crippen LogP contribution >= 0.6 is 0 Å². The van der Waals surface area contributed by atoms with Gasteiger partial charge in [0, 0.05) is 12.4 Å². The fourth-order valence-corrected chi connectivity index (χ4v) is 6.56. The monoisotopic (exact) mass is 628 g/mol. The molecule has 5 rings (SSSR count). The Morgan fingerprint density at radius 1 is 0.558 bits per heavy atom. The molecule has 0 amide bonds. The third-order valence-electron chi connectivity index (χ3n) is 9.48. The van der Waals surface area contributed by atoms with Crippen LogP contribution in [0.4, 0.5) is 0 Å². The summed E-state index contributed by atoms with van der Waals surface area (Å²) in [5.41, 5.74) is 4.95. The number of benzene rings is 2. The van der Waals surface area contributed by atoms with Crippen LogP contribution in [0.3, 0.4) is 0 Å². The molecule has 0 N–H and O–H groups in total. The molecule has 0 saturated heterocycles. The Bertz CT molecular complexity index is 1260. The maximum absolute atomic E-state index is 13.5. The van der Waals surface area contributed by atoms with Crippen molar-refractivity contribution in [1.82, 2.24) is 0 Å². The molecule has 43 heavy (non-hydrogen) atoms. The number of fused-ring (bicyclic) bond motifs is 3. The van der Waals surface area contributed by atoms with Gasteiger partial charge in [-0.05, 0) is 92.6 Å². The predicted molar refractivity (Wildman–Crippen MR) is 175 cm³/mol. The number of nitrogens with zero attached hydrogens (tertiary/aromatic N) is 2. The number of hydrogen-bond donors (Lipinski definition) is 0. The topological polar surface area (TPSA) is 70.8 Å². The SMILES string of the molecule is CC(C)(C)c1cc(C=N[C@H]2C[C@@H]3CC[C@H]2C[C@@H]3N=Cc2cc(C(C)(C)C)cc(C(C)(C)C)c2[O-])c([O-])c(C(C)(C)C)c1.[Ni+2]. The van der Waals surface area contributed by atoms with Crippen LogP contribution in [0.1, 0.15) is 142 Å². The molecule has 0 unspecified atom stereocenters. The average Bonchev–Trinajstić information content (AvgIpc) is 2.85. The predicted octanol–water partition coefficient (Wildman–Crippen LogP) is 8.12. The van der Waals surface area contributed by atoms with E-state index in [1.165, 1.54) is 11.1 Å². The molecular formula is C38H54N2NiO2. The van der Waals surface area contributed by atoms with Gasteiger partial charge in [0.2, 0.25) is 0 Å². The van der Waals surface area contributed by atoms with Crippen molar-refractivity contribution >= 4 is 12.4 Å². The first-order valence-electron chi connectivity index (χ1n) is 15.9. The molecule has 4 nitrogen and oxygen atoms in total. The van der Waals surface area contributed by atoms with Crippen molar-refractivity contribution in [3.63, 3.8) is 0 Å². The molecule has 3 aliphatic carbocycles. The third-order valence-corrected chi connectivity index (χ3v) is 9.48. The summed E-state index contributed by atoms with van der Waals surface area (Å²) in [4.78, 5) is 10.1. The molecule has 3 aliphatic rings. The van der Waals surface area contributed by atoms with Gasteiger partial charge in [0.15, 0.2) is 0 Å². The van der Waals surface area contributed by atoms with Gasteiger partial charge in [-0.3, -0.25) is 9.98 Å². The van der Waals surface area contributed by atoms with E-state index in [1.807, 2.05) is 24.6 Å². The van der Waals surface area contributed by atoms with E-state index in [9.17, 15) is 10.2 Å². The Labute approximate surface area is 271 Å². The number of aliphatic imine (C=N–C) groups is 2. The summed E-state index contributed by atoms with van der Waals surface area (Å²) in [5.74, 6) is 1.11. The Balaban J connectivity index is 0.00000506. The molecule has 5 heteroatoms. The molecule has 3 saturated carbocycles. The summed E-state index contributed by atoms with van der Waals surface area (Å²) >= 11 is 0. The van der Waals surface area contributed by atoms with Crippen LogP contribution in [0.15, 0.2) is 34.3 Å². The molecule has 238 valence electrons. The van der Waals surface area contributed by atoms with E-state index in [1.54, 1.807) is 0 Å². The fourth-order valence-electron chi connectivity index (χ4n) is 6.56. The molecule has 0 heterocycles. The summed E-state index contributed by atoms with van der Waals surface area (Å²) < 4.78 is 0. The second kappa shape index (κ2) is 12.3. The minimum Gasteiger partial charge on any atom is -0.872 e. The maximum atomic E-state index is 13.5. The second-order valence-corrected chi connectivity index (χ2v) is 17.1. The largest absolute Gasteiger partial charge is 2.00 e. The normalized spacial score (nSPS) is 23.3. The van der Waals surface area contributed by atoms with Crippen molar-refractivity contribution in [2.75, 3.05) is 0 Å². The van der Waals surface area contributed by atoms with Gasteiger partial charge in [-0.25, -0.2) is 0 Å². The van der Waals surface area contributed by atoms with E-state index in [0.29, 0.717) is 23.0 Å². The van der Waals surface area contributed by atoms with E-state index in [0.717, 1.165) is 36.8 Å². The third kappa shape index (κ3) is 7.94.